The van der Waals surface area contributed by atoms with Crippen LogP contribution in [0.25, 0.3) is 0 Å². The van der Waals surface area contributed by atoms with E-state index in [2.05, 4.69) is 4.72 Å². The van der Waals surface area contributed by atoms with Crippen LogP contribution in [0.15, 0.2) is 23.1 Å². The number of nitrogens with one attached hydrogen (secondary N) is 1. The van der Waals surface area contributed by atoms with Gasteiger partial charge in [-0.1, -0.05) is 6.07 Å². The Morgan fingerprint density at radius 3 is 2.85 bits per heavy atom. The Balaban J connectivity index is 2.17. The van der Waals surface area contributed by atoms with E-state index in [1.807, 2.05) is 13.8 Å². The Kier molecular flexibility index (Phi) is 4.80. The SMILES string of the molecule is Cc1ccc(S(=O)(=O)NC(C)C2CCOC2)cc1CN. The second-order valence-electron chi connectivity index (χ2n) is 5.33. The summed E-state index contributed by atoms with van der Waals surface area (Å²) in [6.45, 7) is 5.46. The van der Waals surface area contributed by atoms with Crippen molar-refractivity contribution in [1.29, 1.82) is 0 Å². The van der Waals surface area contributed by atoms with Crippen molar-refractivity contribution in [3.63, 3.8) is 0 Å². The molecule has 1 saturated heterocycles. The summed E-state index contributed by atoms with van der Waals surface area (Å²) in [4.78, 5) is 0.273. The molecule has 1 heterocycles. The molecular formula is C14H22N2O3S. The molecule has 0 aromatic heterocycles. The molecular weight excluding hydrogens is 276 g/mol. The topological polar surface area (TPSA) is 81.4 Å². The Morgan fingerprint density at radius 2 is 2.25 bits per heavy atom. The summed E-state index contributed by atoms with van der Waals surface area (Å²) in [5, 5.41) is 0. The van der Waals surface area contributed by atoms with Crippen LogP contribution >= 0.6 is 0 Å². The first kappa shape index (κ1) is 15.4. The minimum Gasteiger partial charge on any atom is -0.381 e. The van der Waals surface area contributed by atoms with Gasteiger partial charge in [-0.15, -0.1) is 0 Å². The summed E-state index contributed by atoms with van der Waals surface area (Å²) >= 11 is 0. The number of benzene rings is 1. The molecule has 2 atom stereocenters. The lowest BCUT2D eigenvalue weighted by atomic mass is 10.0. The molecule has 5 nitrogen and oxygen atoms in total. The summed E-state index contributed by atoms with van der Waals surface area (Å²) in [7, 11) is -3.51. The minimum absolute atomic E-state index is 0.134. The van der Waals surface area contributed by atoms with Crippen LogP contribution < -0.4 is 10.5 Å². The third-order valence-corrected chi connectivity index (χ3v) is 5.42. The lowest BCUT2D eigenvalue weighted by Crippen LogP contribution is -2.38. The minimum atomic E-state index is -3.51. The molecule has 0 aliphatic carbocycles. The molecule has 6 heteroatoms. The molecule has 0 bridgehead atoms. The van der Waals surface area contributed by atoms with Crippen LogP contribution in [0, 0.1) is 12.8 Å². The van der Waals surface area contributed by atoms with Gasteiger partial charge in [-0.2, -0.15) is 0 Å². The fourth-order valence-electron chi connectivity index (χ4n) is 2.39. The van der Waals surface area contributed by atoms with Crippen molar-refractivity contribution in [3.05, 3.63) is 29.3 Å². The summed E-state index contributed by atoms with van der Waals surface area (Å²) in [5.41, 5.74) is 7.49. The van der Waals surface area contributed by atoms with Crippen molar-refractivity contribution in [2.24, 2.45) is 11.7 Å². The normalized spacial score (nSPS) is 21.1. The van der Waals surface area contributed by atoms with Gasteiger partial charge in [0.05, 0.1) is 11.5 Å². The predicted molar refractivity (Wildman–Crippen MR) is 77.8 cm³/mol. The average molecular weight is 298 g/mol. The van der Waals surface area contributed by atoms with Crippen LogP contribution in [0.5, 0.6) is 0 Å². The van der Waals surface area contributed by atoms with E-state index in [4.69, 9.17) is 10.5 Å². The predicted octanol–water partition coefficient (Wildman–Crippen LogP) is 1.16. The molecule has 0 amide bonds. The van der Waals surface area contributed by atoms with Crippen LogP contribution in [-0.2, 0) is 21.3 Å². The Bertz CT molecular complexity index is 566. The average Bonchev–Trinajstić information content (AvgIpc) is 2.92. The molecule has 1 aliphatic heterocycles. The zero-order chi connectivity index (χ0) is 14.8. The third kappa shape index (κ3) is 3.38. The largest absolute Gasteiger partial charge is 0.381 e. The van der Waals surface area contributed by atoms with E-state index in [0.717, 1.165) is 17.5 Å². The van der Waals surface area contributed by atoms with Gasteiger partial charge in [0.15, 0.2) is 0 Å². The standard InChI is InChI=1S/C14H22N2O3S/c1-10-3-4-14(7-13(10)8-15)20(17,18)16-11(2)12-5-6-19-9-12/h3-4,7,11-12,16H,5-6,8-9,15H2,1-2H3. The van der Waals surface area contributed by atoms with Gasteiger partial charge in [-0.05, 0) is 43.5 Å². The summed E-state index contributed by atoms with van der Waals surface area (Å²) < 4.78 is 32.8. The van der Waals surface area contributed by atoms with Crippen molar-refractivity contribution in [2.45, 2.75) is 37.8 Å². The van der Waals surface area contributed by atoms with Crippen LogP contribution in [-0.4, -0.2) is 27.7 Å². The number of sulfonamides is 1. The molecule has 1 aliphatic rings. The lowest BCUT2D eigenvalue weighted by molar-refractivity contribution is 0.180. The third-order valence-electron chi connectivity index (χ3n) is 3.86. The zero-order valence-corrected chi connectivity index (χ0v) is 12.7. The van der Waals surface area contributed by atoms with Crippen molar-refractivity contribution < 1.29 is 13.2 Å². The highest BCUT2D eigenvalue weighted by molar-refractivity contribution is 7.89. The fourth-order valence-corrected chi connectivity index (χ4v) is 3.75. The molecule has 3 N–H and O–H groups in total. The van der Waals surface area contributed by atoms with Gasteiger partial charge >= 0.3 is 0 Å². The Labute approximate surface area is 120 Å². The van der Waals surface area contributed by atoms with E-state index in [1.165, 1.54) is 0 Å². The van der Waals surface area contributed by atoms with Crippen LogP contribution in [0.1, 0.15) is 24.5 Å². The second-order valence-corrected chi connectivity index (χ2v) is 7.04. The number of hydrogen-bond donors (Lipinski definition) is 2. The Morgan fingerprint density at radius 1 is 1.50 bits per heavy atom. The van der Waals surface area contributed by atoms with Crippen molar-refractivity contribution in [3.8, 4) is 0 Å². The second kappa shape index (κ2) is 6.22. The van der Waals surface area contributed by atoms with E-state index in [1.54, 1.807) is 18.2 Å². The maximum absolute atomic E-state index is 12.4. The number of rotatable bonds is 5. The smallest absolute Gasteiger partial charge is 0.240 e. The van der Waals surface area contributed by atoms with Crippen molar-refractivity contribution >= 4 is 10.0 Å². The van der Waals surface area contributed by atoms with Gasteiger partial charge in [0.25, 0.3) is 0 Å². The fraction of sp³-hybridized carbons (Fsp3) is 0.571. The summed E-state index contributed by atoms with van der Waals surface area (Å²) in [6, 6.07) is 4.93. The molecule has 20 heavy (non-hydrogen) atoms. The molecule has 1 aromatic rings. The number of ether oxygens (including phenoxy) is 1. The molecule has 112 valence electrons. The van der Waals surface area contributed by atoms with Gasteiger partial charge in [-0.3, -0.25) is 0 Å². The maximum atomic E-state index is 12.4. The van der Waals surface area contributed by atoms with Gasteiger partial charge in [0.1, 0.15) is 0 Å². The van der Waals surface area contributed by atoms with Crippen LogP contribution in [0.2, 0.25) is 0 Å². The number of hydrogen-bond acceptors (Lipinski definition) is 4. The first-order chi connectivity index (χ1) is 9.44. The highest BCUT2D eigenvalue weighted by Gasteiger charge is 2.26. The van der Waals surface area contributed by atoms with E-state index < -0.39 is 10.0 Å². The van der Waals surface area contributed by atoms with Gasteiger partial charge in [0.2, 0.25) is 10.0 Å². The van der Waals surface area contributed by atoms with Crippen molar-refractivity contribution in [2.75, 3.05) is 13.2 Å². The quantitative estimate of drug-likeness (QED) is 0.854. The monoisotopic (exact) mass is 298 g/mol. The summed E-state index contributed by atoms with van der Waals surface area (Å²) in [6.07, 6.45) is 0.894. The molecule has 0 saturated carbocycles. The van der Waals surface area contributed by atoms with E-state index >= 15 is 0 Å². The molecule has 2 rings (SSSR count). The summed E-state index contributed by atoms with van der Waals surface area (Å²) in [5.74, 6) is 0.240. The zero-order valence-electron chi connectivity index (χ0n) is 11.9. The van der Waals surface area contributed by atoms with Crippen molar-refractivity contribution in [1.82, 2.24) is 4.72 Å². The molecule has 0 radical (unpaired) electrons. The van der Waals surface area contributed by atoms with Gasteiger partial charge in [-0.25, -0.2) is 13.1 Å². The van der Waals surface area contributed by atoms with Gasteiger partial charge < -0.3 is 10.5 Å². The molecule has 0 spiro atoms. The van der Waals surface area contributed by atoms with E-state index in [9.17, 15) is 8.42 Å². The first-order valence-electron chi connectivity index (χ1n) is 6.83. The highest BCUT2D eigenvalue weighted by atomic mass is 32.2. The number of nitrogens with two attached hydrogens (primary N) is 1. The molecule has 1 fully saturated rings. The molecule has 2 unspecified atom stereocenters. The van der Waals surface area contributed by atoms with Crippen LogP contribution in [0.4, 0.5) is 0 Å². The highest BCUT2D eigenvalue weighted by Crippen LogP contribution is 2.20. The van der Waals surface area contributed by atoms with E-state index in [0.29, 0.717) is 19.8 Å². The number of aryl methyl sites for hydroxylation is 1. The molecule has 1 aromatic carbocycles. The van der Waals surface area contributed by atoms with Gasteiger partial charge in [0, 0.05) is 25.1 Å². The first-order valence-corrected chi connectivity index (χ1v) is 8.32. The van der Waals surface area contributed by atoms with E-state index in [-0.39, 0.29) is 16.9 Å². The maximum Gasteiger partial charge on any atom is 0.240 e. The lowest BCUT2D eigenvalue weighted by Gasteiger charge is -2.19. The Hall–Kier alpha value is -0.950. The van der Waals surface area contributed by atoms with Crippen LogP contribution in [0.3, 0.4) is 0 Å².